The second-order valence-corrected chi connectivity index (χ2v) is 18.1. The number of imidazole rings is 1. The van der Waals surface area contributed by atoms with Gasteiger partial charge in [0, 0.05) is 34.8 Å². The lowest BCUT2D eigenvalue weighted by atomic mass is 9.79. The van der Waals surface area contributed by atoms with Crippen LogP contribution in [-0.4, -0.2) is 24.6 Å². The molecular formula is C56H50N4O. The molecule has 0 amide bonds. The molecule has 61 heavy (non-hydrogen) atoms. The number of aromatic nitrogens is 4. The van der Waals surface area contributed by atoms with Crippen molar-refractivity contribution in [3.8, 4) is 78.6 Å². The molecule has 5 heteroatoms. The third kappa shape index (κ3) is 7.64. The van der Waals surface area contributed by atoms with Crippen LogP contribution < -0.4 is 0 Å². The van der Waals surface area contributed by atoms with Gasteiger partial charge in [0.2, 0.25) is 0 Å². The summed E-state index contributed by atoms with van der Waals surface area (Å²) in [6.45, 7) is 15.2. The summed E-state index contributed by atoms with van der Waals surface area (Å²) in [5.74, 6) is 0.902. The number of hydrogen-bond acceptors (Lipinski definition) is 4. The van der Waals surface area contributed by atoms with Crippen molar-refractivity contribution in [3.63, 3.8) is 0 Å². The second kappa shape index (κ2) is 15.5. The van der Waals surface area contributed by atoms with Gasteiger partial charge in [0.1, 0.15) is 17.1 Å². The third-order valence-corrected chi connectivity index (χ3v) is 11.7. The van der Waals surface area contributed by atoms with E-state index < -0.39 is 0 Å². The number of aromatic hydroxyl groups is 1. The van der Waals surface area contributed by atoms with Crippen LogP contribution in [0.2, 0.25) is 0 Å². The number of aryl methyl sites for hydroxylation is 1. The monoisotopic (exact) mass is 794 g/mol. The molecule has 0 saturated carbocycles. The van der Waals surface area contributed by atoms with E-state index in [9.17, 15) is 5.11 Å². The van der Waals surface area contributed by atoms with E-state index in [0.717, 1.165) is 78.0 Å². The quantitative estimate of drug-likeness (QED) is 0.175. The van der Waals surface area contributed by atoms with E-state index in [0.29, 0.717) is 11.4 Å². The van der Waals surface area contributed by atoms with Gasteiger partial charge in [0.25, 0.3) is 0 Å². The third-order valence-electron chi connectivity index (χ3n) is 11.7. The minimum atomic E-state index is -0.305. The zero-order valence-corrected chi connectivity index (χ0v) is 35.9. The number of benzene rings is 6. The van der Waals surface area contributed by atoms with Crippen LogP contribution in [0, 0.1) is 6.92 Å². The van der Waals surface area contributed by atoms with Crippen LogP contribution in [0.3, 0.4) is 0 Å². The molecule has 6 aromatic carbocycles. The summed E-state index contributed by atoms with van der Waals surface area (Å²) < 4.78 is 2.14. The highest BCUT2D eigenvalue weighted by molar-refractivity contribution is 5.97. The van der Waals surface area contributed by atoms with Crippen LogP contribution in [0.25, 0.3) is 83.9 Å². The summed E-state index contributed by atoms with van der Waals surface area (Å²) in [4.78, 5) is 15.4. The summed E-state index contributed by atoms with van der Waals surface area (Å²) >= 11 is 0. The van der Waals surface area contributed by atoms with E-state index in [1.807, 2.05) is 48.9 Å². The molecule has 0 atom stereocenters. The minimum Gasteiger partial charge on any atom is -0.507 e. The summed E-state index contributed by atoms with van der Waals surface area (Å²) in [6.07, 6.45) is 5.78. The predicted octanol–water partition coefficient (Wildman–Crippen LogP) is 14.4. The van der Waals surface area contributed by atoms with E-state index >= 15 is 0 Å². The average Bonchev–Trinajstić information content (AvgIpc) is 3.66. The van der Waals surface area contributed by atoms with Gasteiger partial charge in [-0.15, -0.1) is 0 Å². The van der Waals surface area contributed by atoms with Gasteiger partial charge in [0.05, 0.1) is 23.0 Å². The average molecular weight is 795 g/mol. The molecule has 0 spiro atoms. The Bertz CT molecular complexity index is 3030. The van der Waals surface area contributed by atoms with Crippen LogP contribution in [0.4, 0.5) is 0 Å². The van der Waals surface area contributed by atoms with Crippen LogP contribution in [-0.2, 0) is 10.8 Å². The molecule has 1 N–H and O–H groups in total. The molecule has 0 aliphatic carbocycles. The number of hydrogen-bond donors (Lipinski definition) is 1. The zero-order chi connectivity index (χ0) is 42.5. The van der Waals surface area contributed by atoms with Crippen molar-refractivity contribution in [3.05, 3.63) is 187 Å². The van der Waals surface area contributed by atoms with Crippen molar-refractivity contribution >= 4 is 11.0 Å². The van der Waals surface area contributed by atoms with Gasteiger partial charge in [-0.2, -0.15) is 0 Å². The Kier molecular flexibility index (Phi) is 9.99. The molecule has 9 aromatic rings. The molecule has 0 aliphatic rings. The molecule has 3 heterocycles. The van der Waals surface area contributed by atoms with E-state index in [1.54, 1.807) is 0 Å². The van der Waals surface area contributed by atoms with E-state index in [-0.39, 0.29) is 16.6 Å². The fourth-order valence-electron chi connectivity index (χ4n) is 8.23. The Balaban J connectivity index is 1.25. The smallest absolute Gasteiger partial charge is 0.149 e. The number of pyridine rings is 2. The molecule has 9 rings (SSSR count). The van der Waals surface area contributed by atoms with Gasteiger partial charge in [-0.3, -0.25) is 14.5 Å². The number of phenols is 1. The minimum absolute atomic E-state index is 0.164. The maximum atomic E-state index is 12.2. The normalized spacial score (nSPS) is 11.9. The Morgan fingerprint density at radius 1 is 0.492 bits per heavy atom. The largest absolute Gasteiger partial charge is 0.507 e. The highest BCUT2D eigenvalue weighted by Gasteiger charge is 2.29. The van der Waals surface area contributed by atoms with Gasteiger partial charge in [0.15, 0.2) is 0 Å². The first-order valence-corrected chi connectivity index (χ1v) is 21.0. The SMILES string of the molecule is Cc1cnc(-c2cc(-c3ccccc3)cc(-c3cncc4c3nc(-c3cc(C(C)(C)C)cc(C(C)(C)C)c3O)n4-c3ccccc3)c2)cc1-c1ccc(-c2ccccc2)cc1. The van der Waals surface area contributed by atoms with Crippen molar-refractivity contribution in [2.45, 2.75) is 59.3 Å². The van der Waals surface area contributed by atoms with Crippen molar-refractivity contribution < 1.29 is 5.11 Å². The first-order chi connectivity index (χ1) is 29.3. The number of phenolic OH excluding ortho intramolecular Hbond substituents is 1. The van der Waals surface area contributed by atoms with Gasteiger partial charge in [-0.25, -0.2) is 4.98 Å². The summed E-state index contributed by atoms with van der Waals surface area (Å²) in [5, 5.41) is 12.2. The van der Waals surface area contributed by atoms with Crippen LogP contribution in [0.1, 0.15) is 58.2 Å². The molecule has 3 aromatic heterocycles. The number of nitrogens with zero attached hydrogens (tertiary/aromatic N) is 4. The number of para-hydroxylation sites is 1. The first kappa shape index (κ1) is 39.4. The maximum absolute atomic E-state index is 12.2. The Labute approximate surface area is 359 Å². The van der Waals surface area contributed by atoms with Gasteiger partial charge >= 0.3 is 0 Å². The summed E-state index contributed by atoms with van der Waals surface area (Å²) in [7, 11) is 0. The first-order valence-electron chi connectivity index (χ1n) is 21.0. The van der Waals surface area contributed by atoms with Crippen LogP contribution >= 0.6 is 0 Å². The van der Waals surface area contributed by atoms with Crippen molar-refractivity contribution in [2.24, 2.45) is 0 Å². The van der Waals surface area contributed by atoms with Crippen molar-refractivity contribution in [1.82, 2.24) is 19.5 Å². The highest BCUT2D eigenvalue weighted by Crippen LogP contribution is 2.45. The molecule has 0 unspecified atom stereocenters. The maximum Gasteiger partial charge on any atom is 0.149 e. The molecule has 300 valence electrons. The van der Waals surface area contributed by atoms with Crippen molar-refractivity contribution in [2.75, 3.05) is 0 Å². The lowest BCUT2D eigenvalue weighted by Crippen LogP contribution is -2.17. The standard InChI is InChI=1S/C56H50N4O/c1-36-33-58-50(32-46(36)40-25-23-39(24-26-40)37-17-11-8-12-18-37)43-28-41(38-19-13-9-14-20-38)27-42(29-43)48-34-57-35-51-52(48)59-54(60(51)45-21-15-10-16-22-45)47-30-44(55(2,3)4)31-49(53(47)61)56(5,6)7/h8-35,61H,1-7H3. The fourth-order valence-corrected chi connectivity index (χ4v) is 8.23. The fraction of sp³-hybridized carbons (Fsp3) is 0.161. The second-order valence-electron chi connectivity index (χ2n) is 18.1. The van der Waals surface area contributed by atoms with Crippen LogP contribution in [0.5, 0.6) is 5.75 Å². The highest BCUT2D eigenvalue weighted by atomic mass is 16.3. The Morgan fingerprint density at radius 2 is 1.07 bits per heavy atom. The van der Waals surface area contributed by atoms with Gasteiger partial charge in [-0.1, -0.05) is 151 Å². The molecule has 0 fully saturated rings. The molecule has 5 nitrogen and oxygen atoms in total. The summed E-state index contributed by atoms with van der Waals surface area (Å²) in [5.41, 5.74) is 16.5. The van der Waals surface area contributed by atoms with Gasteiger partial charge < -0.3 is 5.11 Å². The molecule has 0 aliphatic heterocycles. The zero-order valence-electron chi connectivity index (χ0n) is 35.9. The molecule has 0 bridgehead atoms. The molecule has 0 saturated heterocycles. The number of rotatable bonds is 7. The predicted molar refractivity (Wildman–Crippen MR) is 253 cm³/mol. The van der Waals surface area contributed by atoms with E-state index in [1.165, 1.54) is 11.1 Å². The lowest BCUT2D eigenvalue weighted by Gasteiger charge is -2.27. The van der Waals surface area contributed by atoms with Gasteiger partial charge in [-0.05, 0) is 110 Å². The van der Waals surface area contributed by atoms with E-state index in [4.69, 9.17) is 15.0 Å². The van der Waals surface area contributed by atoms with E-state index in [2.05, 4.69) is 174 Å². The Hall–Kier alpha value is -7.11. The van der Waals surface area contributed by atoms with Crippen molar-refractivity contribution in [1.29, 1.82) is 0 Å². The molecular weight excluding hydrogens is 745 g/mol. The Morgan fingerprint density at radius 3 is 1.70 bits per heavy atom. The topological polar surface area (TPSA) is 63.8 Å². The van der Waals surface area contributed by atoms with Crippen LogP contribution in [0.15, 0.2) is 170 Å². The lowest BCUT2D eigenvalue weighted by molar-refractivity contribution is 0.446. The summed E-state index contributed by atoms with van der Waals surface area (Å²) in [6, 6.07) is 53.1. The molecule has 0 radical (unpaired) electrons. The number of fused-ring (bicyclic) bond motifs is 1.